The Morgan fingerprint density at radius 3 is 2.48 bits per heavy atom. The van der Waals surface area contributed by atoms with E-state index < -0.39 is 5.54 Å². The van der Waals surface area contributed by atoms with Gasteiger partial charge < -0.3 is 10.6 Å². The van der Waals surface area contributed by atoms with Gasteiger partial charge in [-0.3, -0.25) is 14.7 Å². The molecule has 0 aliphatic carbocycles. The van der Waals surface area contributed by atoms with Gasteiger partial charge in [0.15, 0.2) is 0 Å². The fraction of sp³-hybridized carbons (Fsp3) is 0.381. The highest BCUT2D eigenvalue weighted by atomic mass is 16.2. The van der Waals surface area contributed by atoms with Crippen LogP contribution < -0.4 is 10.6 Å². The molecule has 2 saturated heterocycles. The molecular weight excluding hydrogens is 340 g/mol. The van der Waals surface area contributed by atoms with Gasteiger partial charge in [0, 0.05) is 12.6 Å². The maximum absolute atomic E-state index is 13.5. The molecule has 2 fully saturated rings. The Balaban J connectivity index is 1.65. The van der Waals surface area contributed by atoms with E-state index in [0.29, 0.717) is 12.1 Å². The van der Waals surface area contributed by atoms with Gasteiger partial charge >= 0.3 is 6.03 Å². The second-order valence-electron chi connectivity index (χ2n) is 7.30. The zero-order chi connectivity index (χ0) is 18.7. The van der Waals surface area contributed by atoms with E-state index in [1.54, 1.807) is 6.20 Å². The first-order valence-electron chi connectivity index (χ1n) is 9.48. The summed E-state index contributed by atoms with van der Waals surface area (Å²) in [7, 11) is 0. The summed E-state index contributed by atoms with van der Waals surface area (Å²) >= 11 is 0. The number of aromatic nitrogens is 1. The Morgan fingerprint density at radius 1 is 1.04 bits per heavy atom. The number of carbonyl (C=O) groups is 2. The molecule has 140 valence electrons. The van der Waals surface area contributed by atoms with Crippen LogP contribution in [0.15, 0.2) is 54.7 Å². The van der Waals surface area contributed by atoms with Crippen molar-refractivity contribution in [2.45, 2.75) is 31.3 Å². The first kappa shape index (κ1) is 17.7. The quantitative estimate of drug-likeness (QED) is 0.797. The van der Waals surface area contributed by atoms with Crippen molar-refractivity contribution in [1.82, 2.24) is 20.5 Å². The number of carbonyl (C=O) groups excluding carboxylic acids is 2. The van der Waals surface area contributed by atoms with Crippen molar-refractivity contribution in [2.75, 3.05) is 13.1 Å². The third-order valence-electron chi connectivity index (χ3n) is 5.61. The molecule has 1 aromatic carbocycles. The maximum Gasteiger partial charge on any atom is 0.325 e. The Morgan fingerprint density at radius 2 is 1.78 bits per heavy atom. The summed E-state index contributed by atoms with van der Waals surface area (Å²) in [5.41, 5.74) is 0.890. The zero-order valence-corrected chi connectivity index (χ0v) is 15.2. The normalized spacial score (nSPS) is 23.5. The van der Waals surface area contributed by atoms with Gasteiger partial charge in [-0.1, -0.05) is 36.4 Å². The fourth-order valence-corrected chi connectivity index (χ4v) is 4.22. The Bertz CT molecular complexity index is 805. The van der Waals surface area contributed by atoms with E-state index in [0.717, 1.165) is 31.5 Å². The largest absolute Gasteiger partial charge is 0.325 e. The highest BCUT2D eigenvalue weighted by Gasteiger charge is 2.55. The molecule has 2 aliphatic rings. The van der Waals surface area contributed by atoms with Crippen LogP contribution in [-0.2, 0) is 17.8 Å². The van der Waals surface area contributed by atoms with Crippen LogP contribution in [0.1, 0.15) is 24.1 Å². The van der Waals surface area contributed by atoms with Crippen LogP contribution in [-0.4, -0.2) is 40.5 Å². The molecule has 0 bridgehead atoms. The highest BCUT2D eigenvalue weighted by Crippen LogP contribution is 2.35. The minimum Gasteiger partial charge on any atom is -0.322 e. The van der Waals surface area contributed by atoms with E-state index in [9.17, 15) is 9.59 Å². The molecule has 1 aromatic heterocycles. The minimum absolute atomic E-state index is 0.115. The minimum atomic E-state index is -0.880. The van der Waals surface area contributed by atoms with Gasteiger partial charge in [-0.15, -0.1) is 0 Å². The summed E-state index contributed by atoms with van der Waals surface area (Å²) in [6.07, 6.45) is 3.94. The van der Waals surface area contributed by atoms with Crippen molar-refractivity contribution in [3.63, 3.8) is 0 Å². The van der Waals surface area contributed by atoms with E-state index >= 15 is 0 Å². The van der Waals surface area contributed by atoms with E-state index in [1.165, 1.54) is 4.90 Å². The molecule has 3 heterocycles. The first-order chi connectivity index (χ1) is 13.2. The van der Waals surface area contributed by atoms with Crippen LogP contribution in [0.5, 0.6) is 0 Å². The topological polar surface area (TPSA) is 74.3 Å². The van der Waals surface area contributed by atoms with Gasteiger partial charge in [-0.25, -0.2) is 4.79 Å². The van der Waals surface area contributed by atoms with Crippen LogP contribution in [0.2, 0.25) is 0 Å². The summed E-state index contributed by atoms with van der Waals surface area (Å²) in [5, 5.41) is 6.44. The Labute approximate surface area is 159 Å². The molecule has 1 atom stereocenters. The number of rotatable bonds is 5. The molecule has 4 rings (SSSR count). The summed E-state index contributed by atoms with van der Waals surface area (Å²) < 4.78 is 0. The van der Waals surface area contributed by atoms with Gasteiger partial charge in [-0.05, 0) is 49.5 Å². The van der Waals surface area contributed by atoms with Crippen LogP contribution >= 0.6 is 0 Å². The molecule has 6 nitrogen and oxygen atoms in total. The number of nitrogens with zero attached hydrogens (tertiary/aromatic N) is 2. The fourth-order valence-electron chi connectivity index (χ4n) is 4.22. The Kier molecular flexibility index (Phi) is 4.90. The van der Waals surface area contributed by atoms with Crippen LogP contribution in [0, 0.1) is 5.92 Å². The number of urea groups is 1. The highest BCUT2D eigenvalue weighted by molar-refractivity contribution is 6.07. The van der Waals surface area contributed by atoms with Crippen molar-refractivity contribution >= 4 is 11.9 Å². The lowest BCUT2D eigenvalue weighted by Crippen LogP contribution is -2.57. The van der Waals surface area contributed by atoms with Crippen molar-refractivity contribution in [3.05, 3.63) is 66.0 Å². The Hall–Kier alpha value is -2.73. The van der Waals surface area contributed by atoms with Crippen molar-refractivity contribution < 1.29 is 9.59 Å². The molecular formula is C21H24N4O2. The van der Waals surface area contributed by atoms with E-state index in [1.807, 2.05) is 48.5 Å². The molecule has 0 spiro atoms. The molecule has 6 heteroatoms. The van der Waals surface area contributed by atoms with Crippen LogP contribution in [0.4, 0.5) is 4.79 Å². The van der Waals surface area contributed by atoms with Gasteiger partial charge in [0.2, 0.25) is 0 Å². The van der Waals surface area contributed by atoms with Crippen molar-refractivity contribution in [1.29, 1.82) is 0 Å². The monoisotopic (exact) mass is 364 g/mol. The van der Waals surface area contributed by atoms with Crippen molar-refractivity contribution in [3.8, 4) is 0 Å². The average molecular weight is 364 g/mol. The lowest BCUT2D eigenvalue weighted by molar-refractivity contribution is -0.134. The van der Waals surface area contributed by atoms with E-state index in [4.69, 9.17) is 0 Å². The molecule has 3 amide bonds. The van der Waals surface area contributed by atoms with E-state index in [-0.39, 0.29) is 24.4 Å². The predicted molar refractivity (Wildman–Crippen MR) is 102 cm³/mol. The lowest BCUT2D eigenvalue weighted by atomic mass is 9.74. The number of imide groups is 1. The molecule has 2 aromatic rings. The van der Waals surface area contributed by atoms with Gasteiger partial charge in [0.1, 0.15) is 5.54 Å². The molecule has 0 saturated carbocycles. The van der Waals surface area contributed by atoms with E-state index in [2.05, 4.69) is 15.6 Å². The number of benzene rings is 1. The molecule has 0 unspecified atom stereocenters. The average Bonchev–Trinajstić information content (AvgIpc) is 2.95. The summed E-state index contributed by atoms with van der Waals surface area (Å²) in [6, 6.07) is 15.1. The molecule has 2 N–H and O–H groups in total. The third kappa shape index (κ3) is 3.45. The second-order valence-corrected chi connectivity index (χ2v) is 7.30. The molecule has 2 aliphatic heterocycles. The van der Waals surface area contributed by atoms with Crippen LogP contribution in [0.25, 0.3) is 0 Å². The number of nitrogens with one attached hydrogen (secondary N) is 2. The smallest absolute Gasteiger partial charge is 0.322 e. The van der Waals surface area contributed by atoms with Crippen molar-refractivity contribution in [2.24, 2.45) is 5.92 Å². The summed E-state index contributed by atoms with van der Waals surface area (Å²) in [6.45, 7) is 1.93. The number of hydrogen-bond acceptors (Lipinski definition) is 4. The SMILES string of the molecule is O=C1N[C@](Cc2ccccc2)(C2CCNCC2)C(=O)N1Cc1ccccn1. The number of hydrogen-bond donors (Lipinski definition) is 2. The number of amides is 3. The summed E-state index contributed by atoms with van der Waals surface area (Å²) in [5.74, 6) is -0.0157. The zero-order valence-electron chi connectivity index (χ0n) is 15.2. The van der Waals surface area contributed by atoms with Gasteiger partial charge in [0.25, 0.3) is 5.91 Å². The predicted octanol–water partition coefficient (Wildman–Crippen LogP) is 2.11. The summed E-state index contributed by atoms with van der Waals surface area (Å²) in [4.78, 5) is 31.9. The standard InChI is InChI=1S/C21H24N4O2/c26-19-21(17-9-12-22-13-10-17,14-16-6-2-1-3-7-16)24-20(27)25(19)15-18-8-4-5-11-23-18/h1-8,11,17,22H,9-10,12-15H2,(H,24,27)/t21-/m1/s1. The first-order valence-corrected chi connectivity index (χ1v) is 9.48. The number of piperidine rings is 1. The second kappa shape index (κ2) is 7.48. The third-order valence-corrected chi connectivity index (χ3v) is 5.61. The van der Waals surface area contributed by atoms with Gasteiger partial charge in [0.05, 0.1) is 12.2 Å². The number of pyridine rings is 1. The maximum atomic E-state index is 13.5. The van der Waals surface area contributed by atoms with Crippen LogP contribution in [0.3, 0.4) is 0 Å². The molecule has 0 radical (unpaired) electrons. The van der Waals surface area contributed by atoms with Gasteiger partial charge in [-0.2, -0.15) is 0 Å². The lowest BCUT2D eigenvalue weighted by Gasteiger charge is -2.38. The molecule has 27 heavy (non-hydrogen) atoms.